The molecule has 1 amide bonds. The minimum Gasteiger partial charge on any atom is -0.361 e. The first-order valence-electron chi connectivity index (χ1n) is 9.34. The molecule has 0 spiro atoms. The van der Waals surface area contributed by atoms with E-state index in [1.807, 2.05) is 42.6 Å². The Bertz CT molecular complexity index is 1160. The number of hydrogen-bond acceptors (Lipinski definition) is 1. The molecule has 1 unspecified atom stereocenters. The van der Waals surface area contributed by atoms with Gasteiger partial charge in [0.15, 0.2) is 0 Å². The summed E-state index contributed by atoms with van der Waals surface area (Å²) in [5.41, 5.74) is 5.46. The van der Waals surface area contributed by atoms with Gasteiger partial charge in [-0.2, -0.15) is 0 Å². The second-order valence-electron chi connectivity index (χ2n) is 7.23. The first kappa shape index (κ1) is 16.5. The highest BCUT2D eigenvalue weighted by Gasteiger charge is 2.26. The SMILES string of the molecule is O=C(Cc1c[nH]c2ccccc12)NC1CCCc2c1[nH]c1c(Cl)cccc21. The van der Waals surface area contributed by atoms with Gasteiger partial charge in [-0.1, -0.05) is 41.9 Å². The summed E-state index contributed by atoms with van der Waals surface area (Å²) in [6.07, 6.45) is 5.32. The number of carbonyl (C=O) groups is 1. The molecule has 0 saturated carbocycles. The van der Waals surface area contributed by atoms with Gasteiger partial charge in [0.05, 0.1) is 23.0 Å². The highest BCUT2D eigenvalue weighted by molar-refractivity contribution is 6.35. The van der Waals surface area contributed by atoms with Crippen molar-refractivity contribution in [2.75, 3.05) is 0 Å². The fourth-order valence-electron chi connectivity index (χ4n) is 4.29. The molecule has 4 nitrogen and oxygen atoms in total. The molecule has 0 bridgehead atoms. The number of fused-ring (bicyclic) bond motifs is 4. The van der Waals surface area contributed by atoms with Gasteiger partial charge < -0.3 is 15.3 Å². The molecule has 2 heterocycles. The lowest BCUT2D eigenvalue weighted by molar-refractivity contribution is -0.121. The van der Waals surface area contributed by atoms with Gasteiger partial charge in [0.25, 0.3) is 0 Å². The number of hydrogen-bond donors (Lipinski definition) is 3. The first-order valence-corrected chi connectivity index (χ1v) is 9.72. The third kappa shape index (κ3) is 2.81. The molecule has 0 aliphatic heterocycles. The van der Waals surface area contributed by atoms with Crippen LogP contribution in [0, 0.1) is 0 Å². The molecule has 1 atom stereocenters. The normalized spacial score (nSPS) is 16.6. The number of aromatic amines is 2. The van der Waals surface area contributed by atoms with Gasteiger partial charge in [-0.3, -0.25) is 4.79 Å². The van der Waals surface area contributed by atoms with Gasteiger partial charge in [0, 0.05) is 28.2 Å². The zero-order chi connectivity index (χ0) is 18.4. The van der Waals surface area contributed by atoms with E-state index in [1.165, 1.54) is 10.9 Å². The number of aryl methyl sites for hydroxylation is 1. The van der Waals surface area contributed by atoms with Crippen LogP contribution < -0.4 is 5.32 Å². The average Bonchev–Trinajstić information content (AvgIpc) is 3.25. The summed E-state index contributed by atoms with van der Waals surface area (Å²) in [7, 11) is 0. The number of amides is 1. The van der Waals surface area contributed by atoms with Gasteiger partial charge in [-0.15, -0.1) is 0 Å². The molecular formula is C22H20ClN3O. The Morgan fingerprint density at radius 2 is 2.00 bits per heavy atom. The van der Waals surface area contributed by atoms with Crippen LogP contribution in [0.25, 0.3) is 21.8 Å². The van der Waals surface area contributed by atoms with E-state index in [1.54, 1.807) is 0 Å². The molecular weight excluding hydrogens is 358 g/mol. The Kier molecular flexibility index (Phi) is 3.94. The van der Waals surface area contributed by atoms with Crippen molar-refractivity contribution in [1.82, 2.24) is 15.3 Å². The quantitative estimate of drug-likeness (QED) is 0.460. The summed E-state index contributed by atoms with van der Waals surface area (Å²) in [4.78, 5) is 19.5. The Morgan fingerprint density at radius 3 is 2.93 bits per heavy atom. The smallest absolute Gasteiger partial charge is 0.225 e. The summed E-state index contributed by atoms with van der Waals surface area (Å²) in [5.74, 6) is 0.0438. The molecule has 27 heavy (non-hydrogen) atoms. The maximum absolute atomic E-state index is 12.7. The second kappa shape index (κ2) is 6.46. The predicted molar refractivity (Wildman–Crippen MR) is 109 cm³/mol. The summed E-state index contributed by atoms with van der Waals surface area (Å²) < 4.78 is 0. The van der Waals surface area contributed by atoms with E-state index in [0.29, 0.717) is 6.42 Å². The van der Waals surface area contributed by atoms with Gasteiger partial charge in [0.2, 0.25) is 5.91 Å². The van der Waals surface area contributed by atoms with E-state index >= 15 is 0 Å². The van der Waals surface area contributed by atoms with Gasteiger partial charge >= 0.3 is 0 Å². The fraction of sp³-hybridized carbons (Fsp3) is 0.227. The highest BCUT2D eigenvalue weighted by atomic mass is 35.5. The van der Waals surface area contributed by atoms with Gasteiger partial charge in [-0.25, -0.2) is 0 Å². The van der Waals surface area contributed by atoms with E-state index < -0.39 is 0 Å². The number of aromatic nitrogens is 2. The number of halogens is 1. The first-order chi connectivity index (χ1) is 13.2. The number of benzene rings is 2. The van der Waals surface area contributed by atoms with Crippen LogP contribution in [0.2, 0.25) is 5.02 Å². The van der Waals surface area contributed by atoms with Crippen molar-refractivity contribution in [2.24, 2.45) is 0 Å². The summed E-state index contributed by atoms with van der Waals surface area (Å²) in [6, 6.07) is 14.1. The topological polar surface area (TPSA) is 60.7 Å². The molecule has 1 aliphatic rings. The molecule has 5 rings (SSSR count). The number of carbonyl (C=O) groups excluding carboxylic acids is 1. The Balaban J connectivity index is 1.41. The summed E-state index contributed by atoms with van der Waals surface area (Å²) >= 11 is 6.36. The maximum atomic E-state index is 12.7. The van der Waals surface area contributed by atoms with Crippen LogP contribution in [0.1, 0.15) is 35.7 Å². The lowest BCUT2D eigenvalue weighted by Crippen LogP contribution is -2.32. The number of para-hydroxylation sites is 2. The predicted octanol–water partition coefficient (Wildman–Crippen LogP) is 5.04. The molecule has 0 fully saturated rings. The Morgan fingerprint density at radius 1 is 1.15 bits per heavy atom. The molecule has 4 aromatic rings. The van der Waals surface area contributed by atoms with E-state index in [-0.39, 0.29) is 11.9 Å². The van der Waals surface area contributed by atoms with Crippen LogP contribution >= 0.6 is 11.6 Å². The third-order valence-corrected chi connectivity index (χ3v) is 5.87. The van der Waals surface area contributed by atoms with Gasteiger partial charge in [-0.05, 0) is 42.5 Å². The lowest BCUT2D eigenvalue weighted by Gasteiger charge is -2.23. The highest BCUT2D eigenvalue weighted by Crippen LogP contribution is 2.37. The van der Waals surface area contributed by atoms with Crippen molar-refractivity contribution in [3.8, 4) is 0 Å². The molecule has 2 aromatic carbocycles. The van der Waals surface area contributed by atoms with Crippen LogP contribution in [-0.2, 0) is 17.6 Å². The van der Waals surface area contributed by atoms with Crippen LogP contribution in [0.3, 0.4) is 0 Å². The van der Waals surface area contributed by atoms with E-state index in [0.717, 1.165) is 52.0 Å². The number of H-pyrrole nitrogens is 2. The molecule has 0 saturated heterocycles. The summed E-state index contributed by atoms with van der Waals surface area (Å²) in [6.45, 7) is 0. The molecule has 3 N–H and O–H groups in total. The van der Waals surface area contributed by atoms with Gasteiger partial charge in [0.1, 0.15) is 0 Å². The maximum Gasteiger partial charge on any atom is 0.225 e. The van der Waals surface area contributed by atoms with Crippen molar-refractivity contribution >= 4 is 39.3 Å². The Hall–Kier alpha value is -2.72. The molecule has 136 valence electrons. The molecule has 1 aliphatic carbocycles. The standard InChI is InChI=1S/C22H20ClN3O/c23-17-8-3-6-15-16-7-4-10-19(22(16)26-21(15)17)25-20(27)11-13-12-24-18-9-2-1-5-14(13)18/h1-3,5-6,8-9,12,19,24,26H,4,7,10-11H2,(H,25,27). The zero-order valence-electron chi connectivity index (χ0n) is 14.8. The monoisotopic (exact) mass is 377 g/mol. The molecule has 0 radical (unpaired) electrons. The van der Waals surface area contributed by atoms with Crippen LogP contribution in [-0.4, -0.2) is 15.9 Å². The lowest BCUT2D eigenvalue weighted by atomic mass is 9.91. The summed E-state index contributed by atoms with van der Waals surface area (Å²) in [5, 5.41) is 6.24. The fourth-order valence-corrected chi connectivity index (χ4v) is 4.51. The van der Waals surface area contributed by atoms with E-state index in [4.69, 9.17) is 11.6 Å². The van der Waals surface area contributed by atoms with Crippen LogP contribution in [0.15, 0.2) is 48.7 Å². The van der Waals surface area contributed by atoms with Crippen molar-refractivity contribution < 1.29 is 4.79 Å². The Labute approximate surface area is 161 Å². The van der Waals surface area contributed by atoms with Crippen molar-refractivity contribution in [3.05, 3.63) is 70.5 Å². The van der Waals surface area contributed by atoms with Crippen molar-refractivity contribution in [3.63, 3.8) is 0 Å². The minimum atomic E-state index is 0.00919. The van der Waals surface area contributed by atoms with Crippen LogP contribution in [0.4, 0.5) is 0 Å². The zero-order valence-corrected chi connectivity index (χ0v) is 15.6. The van der Waals surface area contributed by atoms with E-state index in [2.05, 4.69) is 21.4 Å². The van der Waals surface area contributed by atoms with Crippen molar-refractivity contribution in [2.45, 2.75) is 31.7 Å². The number of nitrogens with one attached hydrogen (secondary N) is 3. The molecule has 2 aromatic heterocycles. The molecule has 5 heteroatoms. The van der Waals surface area contributed by atoms with Crippen LogP contribution in [0.5, 0.6) is 0 Å². The minimum absolute atomic E-state index is 0.00919. The van der Waals surface area contributed by atoms with Crippen molar-refractivity contribution in [1.29, 1.82) is 0 Å². The largest absolute Gasteiger partial charge is 0.361 e. The third-order valence-electron chi connectivity index (χ3n) is 5.55. The number of rotatable bonds is 3. The average molecular weight is 378 g/mol. The van der Waals surface area contributed by atoms with E-state index in [9.17, 15) is 4.79 Å². The second-order valence-corrected chi connectivity index (χ2v) is 7.64.